The first-order valence-corrected chi connectivity index (χ1v) is 8.72. The highest BCUT2D eigenvalue weighted by molar-refractivity contribution is 5.92. The van der Waals surface area contributed by atoms with E-state index in [-0.39, 0.29) is 5.91 Å². The number of anilines is 2. The monoisotopic (exact) mass is 356 g/mol. The van der Waals surface area contributed by atoms with Crippen molar-refractivity contribution in [1.29, 1.82) is 0 Å². The smallest absolute Gasteiger partial charge is 0.274 e. The van der Waals surface area contributed by atoms with Crippen LogP contribution in [0.1, 0.15) is 30.3 Å². The minimum absolute atomic E-state index is 0.0540. The Labute approximate surface area is 153 Å². The van der Waals surface area contributed by atoms with Crippen LogP contribution in [0.3, 0.4) is 0 Å². The molecule has 7 heteroatoms. The van der Waals surface area contributed by atoms with Gasteiger partial charge in [-0.15, -0.1) is 10.2 Å². The Balaban J connectivity index is 1.69. The molecular formula is C19H24N4O3. The Bertz CT molecular complexity index is 764. The lowest BCUT2D eigenvalue weighted by molar-refractivity contribution is 0.0676. The van der Waals surface area contributed by atoms with E-state index >= 15 is 0 Å². The Morgan fingerprint density at radius 2 is 1.96 bits per heavy atom. The molecule has 0 bridgehead atoms. The van der Waals surface area contributed by atoms with Gasteiger partial charge < -0.3 is 19.7 Å². The van der Waals surface area contributed by atoms with E-state index in [1.807, 2.05) is 23.1 Å². The number of amides is 1. The van der Waals surface area contributed by atoms with E-state index in [0.717, 1.165) is 25.2 Å². The maximum absolute atomic E-state index is 12.5. The summed E-state index contributed by atoms with van der Waals surface area (Å²) in [6, 6.07) is 8.94. The predicted molar refractivity (Wildman–Crippen MR) is 99.2 cm³/mol. The van der Waals surface area contributed by atoms with Crippen molar-refractivity contribution in [2.45, 2.75) is 19.8 Å². The van der Waals surface area contributed by atoms with Gasteiger partial charge in [-0.2, -0.15) is 0 Å². The number of benzene rings is 1. The summed E-state index contributed by atoms with van der Waals surface area (Å²) in [6.45, 7) is 3.74. The molecule has 7 nitrogen and oxygen atoms in total. The topological polar surface area (TPSA) is 76.6 Å². The fourth-order valence-electron chi connectivity index (χ4n) is 3.11. The number of rotatable bonds is 5. The van der Waals surface area contributed by atoms with Gasteiger partial charge in [0.2, 0.25) is 0 Å². The van der Waals surface area contributed by atoms with Crippen molar-refractivity contribution in [3.05, 3.63) is 36.0 Å². The third-order valence-corrected chi connectivity index (χ3v) is 4.48. The molecule has 1 aliphatic heterocycles. The summed E-state index contributed by atoms with van der Waals surface area (Å²) < 4.78 is 10.5. The van der Waals surface area contributed by atoms with Gasteiger partial charge in [-0.1, -0.05) is 6.92 Å². The summed E-state index contributed by atoms with van der Waals surface area (Å²) in [5.74, 6) is 2.31. The zero-order valence-electron chi connectivity index (χ0n) is 15.4. The van der Waals surface area contributed by atoms with Crippen LogP contribution in [0.4, 0.5) is 11.5 Å². The van der Waals surface area contributed by atoms with Gasteiger partial charge in [0.25, 0.3) is 5.91 Å². The van der Waals surface area contributed by atoms with Crippen molar-refractivity contribution in [3.8, 4) is 11.5 Å². The van der Waals surface area contributed by atoms with Gasteiger partial charge in [-0.25, -0.2) is 0 Å². The van der Waals surface area contributed by atoms with Crippen molar-refractivity contribution in [3.63, 3.8) is 0 Å². The lowest BCUT2D eigenvalue weighted by Gasteiger charge is -2.30. The maximum atomic E-state index is 12.5. The van der Waals surface area contributed by atoms with Gasteiger partial charge >= 0.3 is 0 Å². The molecule has 26 heavy (non-hydrogen) atoms. The lowest BCUT2D eigenvalue weighted by atomic mass is 10.00. The average molecular weight is 356 g/mol. The minimum Gasteiger partial charge on any atom is -0.493 e. The molecule has 1 aliphatic rings. The summed E-state index contributed by atoms with van der Waals surface area (Å²) in [5, 5.41) is 11.4. The molecule has 3 rings (SSSR count). The Morgan fingerprint density at radius 3 is 2.62 bits per heavy atom. The number of carbonyl (C=O) groups is 1. The van der Waals surface area contributed by atoms with E-state index in [1.165, 1.54) is 6.42 Å². The molecule has 1 aromatic carbocycles. The van der Waals surface area contributed by atoms with E-state index in [1.54, 1.807) is 26.4 Å². The van der Waals surface area contributed by atoms with E-state index < -0.39 is 0 Å². The first-order chi connectivity index (χ1) is 12.6. The third-order valence-electron chi connectivity index (χ3n) is 4.48. The molecule has 0 spiro atoms. The lowest BCUT2D eigenvalue weighted by Crippen LogP contribution is -2.39. The second-order valence-electron chi connectivity index (χ2n) is 6.50. The van der Waals surface area contributed by atoms with Crippen molar-refractivity contribution >= 4 is 17.4 Å². The SMILES string of the molecule is COc1ccc(Nc2ccc(C(=O)N3CCCC(C)C3)nn2)cc1OC. The predicted octanol–water partition coefficient (Wildman–Crippen LogP) is 3.11. The molecular weight excluding hydrogens is 332 g/mol. The second-order valence-corrected chi connectivity index (χ2v) is 6.50. The van der Waals surface area contributed by atoms with E-state index in [9.17, 15) is 4.79 Å². The molecule has 2 heterocycles. The first-order valence-electron chi connectivity index (χ1n) is 8.72. The van der Waals surface area contributed by atoms with Crippen LogP contribution in [0, 0.1) is 5.92 Å². The molecule has 0 saturated carbocycles. The Morgan fingerprint density at radius 1 is 1.15 bits per heavy atom. The van der Waals surface area contributed by atoms with Crippen molar-refractivity contribution in [2.75, 3.05) is 32.6 Å². The van der Waals surface area contributed by atoms with Crippen LogP contribution < -0.4 is 14.8 Å². The molecule has 1 amide bonds. The second kappa shape index (κ2) is 8.03. The molecule has 1 saturated heterocycles. The van der Waals surface area contributed by atoms with Crippen LogP contribution >= 0.6 is 0 Å². The number of piperidine rings is 1. The van der Waals surface area contributed by atoms with Gasteiger partial charge in [-0.3, -0.25) is 4.79 Å². The number of nitrogens with zero attached hydrogens (tertiary/aromatic N) is 3. The fourth-order valence-corrected chi connectivity index (χ4v) is 3.11. The summed E-state index contributed by atoms with van der Waals surface area (Å²) in [5.41, 5.74) is 1.16. The molecule has 138 valence electrons. The Kier molecular flexibility index (Phi) is 5.55. The number of ether oxygens (including phenoxy) is 2. The highest BCUT2D eigenvalue weighted by Gasteiger charge is 2.23. The van der Waals surface area contributed by atoms with E-state index in [2.05, 4.69) is 22.4 Å². The van der Waals surface area contributed by atoms with Crippen LogP contribution in [-0.2, 0) is 0 Å². The zero-order chi connectivity index (χ0) is 18.5. The number of methoxy groups -OCH3 is 2. The van der Waals surface area contributed by atoms with Gasteiger partial charge in [0.15, 0.2) is 23.0 Å². The average Bonchev–Trinajstić information content (AvgIpc) is 2.68. The zero-order valence-corrected chi connectivity index (χ0v) is 15.4. The number of hydrogen-bond acceptors (Lipinski definition) is 6. The molecule has 1 unspecified atom stereocenters. The number of hydrogen-bond donors (Lipinski definition) is 1. The van der Waals surface area contributed by atoms with E-state index in [0.29, 0.717) is 28.9 Å². The van der Waals surface area contributed by atoms with Crippen molar-refractivity contribution in [1.82, 2.24) is 15.1 Å². The molecule has 1 aromatic heterocycles. The largest absolute Gasteiger partial charge is 0.493 e. The molecule has 1 N–H and O–H groups in total. The van der Waals surface area contributed by atoms with Gasteiger partial charge in [0.1, 0.15) is 0 Å². The Hall–Kier alpha value is -2.83. The van der Waals surface area contributed by atoms with E-state index in [4.69, 9.17) is 9.47 Å². The van der Waals surface area contributed by atoms with Crippen LogP contribution in [0.5, 0.6) is 11.5 Å². The van der Waals surface area contributed by atoms with Gasteiger partial charge in [0.05, 0.1) is 14.2 Å². The molecule has 1 atom stereocenters. The first kappa shape index (κ1) is 18.0. The van der Waals surface area contributed by atoms with Gasteiger partial charge in [-0.05, 0) is 43.0 Å². The van der Waals surface area contributed by atoms with Gasteiger partial charge in [0, 0.05) is 24.8 Å². The quantitative estimate of drug-likeness (QED) is 0.887. The minimum atomic E-state index is -0.0540. The highest BCUT2D eigenvalue weighted by atomic mass is 16.5. The number of aromatic nitrogens is 2. The maximum Gasteiger partial charge on any atom is 0.274 e. The fraction of sp³-hybridized carbons (Fsp3) is 0.421. The van der Waals surface area contributed by atoms with Crippen LogP contribution in [-0.4, -0.2) is 48.3 Å². The molecule has 1 fully saturated rings. The molecule has 0 aliphatic carbocycles. The van der Waals surface area contributed by atoms with Crippen molar-refractivity contribution < 1.29 is 14.3 Å². The normalized spacial score (nSPS) is 16.9. The number of likely N-dealkylation sites (tertiary alicyclic amines) is 1. The highest BCUT2D eigenvalue weighted by Crippen LogP contribution is 2.30. The summed E-state index contributed by atoms with van der Waals surface area (Å²) >= 11 is 0. The third kappa shape index (κ3) is 4.04. The standard InChI is InChI=1S/C19H24N4O3/c1-13-5-4-10-23(12-13)19(24)15-7-9-18(22-21-15)20-14-6-8-16(25-2)17(11-14)26-3/h6-9,11,13H,4-5,10,12H2,1-3H3,(H,20,22). The summed E-state index contributed by atoms with van der Waals surface area (Å²) in [4.78, 5) is 14.4. The van der Waals surface area contributed by atoms with Crippen molar-refractivity contribution in [2.24, 2.45) is 5.92 Å². The molecule has 0 radical (unpaired) electrons. The number of nitrogens with one attached hydrogen (secondary N) is 1. The summed E-state index contributed by atoms with van der Waals surface area (Å²) in [7, 11) is 3.18. The van der Waals surface area contributed by atoms with Crippen LogP contribution in [0.25, 0.3) is 0 Å². The van der Waals surface area contributed by atoms with Crippen LogP contribution in [0.2, 0.25) is 0 Å². The summed E-state index contributed by atoms with van der Waals surface area (Å²) in [6.07, 6.45) is 2.21. The van der Waals surface area contributed by atoms with Crippen LogP contribution in [0.15, 0.2) is 30.3 Å². The molecule has 2 aromatic rings. The number of carbonyl (C=O) groups excluding carboxylic acids is 1.